The third kappa shape index (κ3) is 3.46. The van der Waals surface area contributed by atoms with Crippen LogP contribution in [0.5, 0.6) is 0 Å². The van der Waals surface area contributed by atoms with Gasteiger partial charge in [0.15, 0.2) is 0 Å². The molecule has 4 heteroatoms. The van der Waals surface area contributed by atoms with E-state index in [-0.39, 0.29) is 6.61 Å². The summed E-state index contributed by atoms with van der Waals surface area (Å²) < 4.78 is 5.36. The SMILES string of the molecule is CN(CC1CCOCC1)c1ccc(CO)cc1C#N. The van der Waals surface area contributed by atoms with Crippen LogP contribution in [0.4, 0.5) is 5.69 Å². The van der Waals surface area contributed by atoms with Gasteiger partial charge in [-0.25, -0.2) is 0 Å². The molecule has 1 aromatic rings. The summed E-state index contributed by atoms with van der Waals surface area (Å²) in [6.45, 7) is 2.59. The average Bonchev–Trinajstić information content (AvgIpc) is 2.47. The predicted octanol–water partition coefficient (Wildman–Crippen LogP) is 1.91. The van der Waals surface area contributed by atoms with E-state index in [0.29, 0.717) is 11.5 Å². The third-order valence-corrected chi connectivity index (χ3v) is 3.65. The molecule has 0 amide bonds. The number of anilines is 1. The maximum absolute atomic E-state index is 9.21. The highest BCUT2D eigenvalue weighted by molar-refractivity contribution is 5.60. The molecule has 0 aromatic heterocycles. The summed E-state index contributed by atoms with van der Waals surface area (Å²) in [5.41, 5.74) is 2.34. The molecule has 1 fully saturated rings. The van der Waals surface area contributed by atoms with Gasteiger partial charge in [-0.2, -0.15) is 5.26 Å². The van der Waals surface area contributed by atoms with Crippen molar-refractivity contribution in [3.05, 3.63) is 29.3 Å². The van der Waals surface area contributed by atoms with E-state index < -0.39 is 0 Å². The van der Waals surface area contributed by atoms with Crippen molar-refractivity contribution in [3.8, 4) is 6.07 Å². The summed E-state index contributed by atoms with van der Waals surface area (Å²) in [5, 5.41) is 18.3. The Hall–Kier alpha value is -1.57. The Labute approximate surface area is 114 Å². The number of benzene rings is 1. The van der Waals surface area contributed by atoms with Gasteiger partial charge in [0.25, 0.3) is 0 Å². The van der Waals surface area contributed by atoms with E-state index in [1.54, 1.807) is 6.07 Å². The van der Waals surface area contributed by atoms with Gasteiger partial charge in [0.05, 0.1) is 17.9 Å². The van der Waals surface area contributed by atoms with Crippen LogP contribution >= 0.6 is 0 Å². The minimum Gasteiger partial charge on any atom is -0.392 e. The van der Waals surface area contributed by atoms with Gasteiger partial charge in [0, 0.05) is 26.8 Å². The molecule has 1 N–H and O–H groups in total. The molecule has 0 saturated carbocycles. The monoisotopic (exact) mass is 260 g/mol. The molecule has 1 aliphatic rings. The lowest BCUT2D eigenvalue weighted by molar-refractivity contribution is 0.0685. The molecule has 0 unspecified atom stereocenters. The topological polar surface area (TPSA) is 56.5 Å². The number of ether oxygens (including phenoxy) is 1. The second-order valence-corrected chi connectivity index (χ2v) is 5.06. The van der Waals surface area contributed by atoms with Crippen LogP contribution < -0.4 is 4.90 Å². The van der Waals surface area contributed by atoms with Crippen molar-refractivity contribution in [2.24, 2.45) is 5.92 Å². The molecule has 0 radical (unpaired) electrons. The van der Waals surface area contributed by atoms with Crippen molar-refractivity contribution in [2.75, 3.05) is 31.7 Å². The van der Waals surface area contributed by atoms with Crippen molar-refractivity contribution in [1.29, 1.82) is 5.26 Å². The zero-order chi connectivity index (χ0) is 13.7. The lowest BCUT2D eigenvalue weighted by atomic mass is 9.99. The van der Waals surface area contributed by atoms with Gasteiger partial charge < -0.3 is 14.7 Å². The number of aliphatic hydroxyl groups is 1. The lowest BCUT2D eigenvalue weighted by Gasteiger charge is -2.29. The number of hydrogen-bond donors (Lipinski definition) is 1. The van der Waals surface area contributed by atoms with Crippen LogP contribution in [0.15, 0.2) is 18.2 Å². The maximum atomic E-state index is 9.21. The van der Waals surface area contributed by atoms with E-state index in [1.807, 2.05) is 19.2 Å². The largest absolute Gasteiger partial charge is 0.392 e. The van der Waals surface area contributed by atoms with Crippen molar-refractivity contribution in [2.45, 2.75) is 19.4 Å². The van der Waals surface area contributed by atoms with E-state index >= 15 is 0 Å². The summed E-state index contributed by atoms with van der Waals surface area (Å²) in [7, 11) is 2.02. The lowest BCUT2D eigenvalue weighted by Crippen LogP contribution is -2.30. The first kappa shape index (κ1) is 13.9. The highest BCUT2D eigenvalue weighted by Gasteiger charge is 2.17. The van der Waals surface area contributed by atoms with Gasteiger partial charge in [-0.15, -0.1) is 0 Å². The van der Waals surface area contributed by atoms with Crippen molar-refractivity contribution < 1.29 is 9.84 Å². The summed E-state index contributed by atoms with van der Waals surface area (Å²) in [4.78, 5) is 2.13. The Bertz CT molecular complexity index is 462. The molecule has 0 atom stereocenters. The molecular weight excluding hydrogens is 240 g/mol. The standard InChI is InChI=1S/C15H20N2O2/c1-17(10-12-4-6-19-7-5-12)15-3-2-13(11-18)8-14(15)9-16/h2-3,8,12,18H,4-7,10-11H2,1H3. The second-order valence-electron chi connectivity index (χ2n) is 5.06. The number of hydrogen-bond acceptors (Lipinski definition) is 4. The molecule has 4 nitrogen and oxygen atoms in total. The zero-order valence-electron chi connectivity index (χ0n) is 11.3. The number of aliphatic hydroxyl groups excluding tert-OH is 1. The van der Waals surface area contributed by atoms with Gasteiger partial charge >= 0.3 is 0 Å². The van der Waals surface area contributed by atoms with E-state index in [9.17, 15) is 5.26 Å². The first-order chi connectivity index (χ1) is 9.24. The fraction of sp³-hybridized carbons (Fsp3) is 0.533. The van der Waals surface area contributed by atoms with Crippen LogP contribution in [0, 0.1) is 17.2 Å². The normalized spacial score (nSPS) is 16.1. The molecule has 1 saturated heterocycles. The van der Waals surface area contributed by atoms with Gasteiger partial charge in [0.2, 0.25) is 0 Å². The number of nitriles is 1. The Morgan fingerprint density at radius 3 is 2.79 bits per heavy atom. The second kappa shape index (κ2) is 6.55. The Balaban J connectivity index is 2.09. The first-order valence-electron chi connectivity index (χ1n) is 6.67. The van der Waals surface area contributed by atoms with Gasteiger partial charge in [0.1, 0.15) is 6.07 Å². The van der Waals surface area contributed by atoms with E-state index in [2.05, 4.69) is 11.0 Å². The van der Waals surface area contributed by atoms with Crippen LogP contribution in [0.3, 0.4) is 0 Å². The Morgan fingerprint density at radius 1 is 1.42 bits per heavy atom. The minimum absolute atomic E-state index is 0.0291. The average molecular weight is 260 g/mol. The fourth-order valence-electron chi connectivity index (χ4n) is 2.52. The van der Waals surface area contributed by atoms with E-state index in [4.69, 9.17) is 9.84 Å². The van der Waals surface area contributed by atoms with E-state index in [1.165, 1.54) is 0 Å². The minimum atomic E-state index is -0.0291. The molecule has 0 aliphatic carbocycles. The van der Waals surface area contributed by atoms with Crippen LogP contribution in [-0.2, 0) is 11.3 Å². The van der Waals surface area contributed by atoms with Gasteiger partial charge in [-0.1, -0.05) is 6.07 Å². The van der Waals surface area contributed by atoms with Crippen molar-refractivity contribution >= 4 is 5.69 Å². The number of rotatable bonds is 4. The highest BCUT2D eigenvalue weighted by atomic mass is 16.5. The Morgan fingerprint density at radius 2 is 2.16 bits per heavy atom. The summed E-state index contributed by atoms with van der Waals surface area (Å²) in [5.74, 6) is 0.628. The van der Waals surface area contributed by atoms with Crippen LogP contribution in [0.1, 0.15) is 24.0 Å². The van der Waals surface area contributed by atoms with Gasteiger partial charge in [-0.05, 0) is 36.5 Å². The molecular formula is C15H20N2O2. The molecule has 0 spiro atoms. The van der Waals surface area contributed by atoms with Crippen LogP contribution in [0.2, 0.25) is 0 Å². The molecule has 0 bridgehead atoms. The number of nitrogens with zero attached hydrogens (tertiary/aromatic N) is 2. The maximum Gasteiger partial charge on any atom is 0.101 e. The van der Waals surface area contributed by atoms with Crippen LogP contribution in [0.25, 0.3) is 0 Å². The smallest absolute Gasteiger partial charge is 0.101 e. The first-order valence-corrected chi connectivity index (χ1v) is 6.67. The summed E-state index contributed by atoms with van der Waals surface area (Å²) >= 11 is 0. The van der Waals surface area contributed by atoms with E-state index in [0.717, 1.165) is 43.9 Å². The predicted molar refractivity (Wildman–Crippen MR) is 73.9 cm³/mol. The summed E-state index contributed by atoms with van der Waals surface area (Å²) in [6, 6.07) is 7.76. The quantitative estimate of drug-likeness (QED) is 0.898. The van der Waals surface area contributed by atoms with Crippen LogP contribution in [-0.4, -0.2) is 31.9 Å². The molecule has 102 valence electrons. The molecule has 19 heavy (non-hydrogen) atoms. The highest BCUT2D eigenvalue weighted by Crippen LogP contribution is 2.24. The van der Waals surface area contributed by atoms with Gasteiger partial charge in [-0.3, -0.25) is 0 Å². The Kier molecular flexibility index (Phi) is 4.78. The molecule has 1 aromatic carbocycles. The molecule has 1 heterocycles. The zero-order valence-corrected chi connectivity index (χ0v) is 11.3. The molecule has 2 rings (SSSR count). The van der Waals surface area contributed by atoms with Crippen molar-refractivity contribution in [3.63, 3.8) is 0 Å². The molecule has 1 aliphatic heterocycles. The fourth-order valence-corrected chi connectivity index (χ4v) is 2.52. The van der Waals surface area contributed by atoms with Crippen molar-refractivity contribution in [1.82, 2.24) is 0 Å². The summed E-state index contributed by atoms with van der Waals surface area (Å²) in [6.07, 6.45) is 2.17. The third-order valence-electron chi connectivity index (χ3n) is 3.65.